The fourth-order valence-electron chi connectivity index (χ4n) is 1.89. The van der Waals surface area contributed by atoms with Crippen LogP contribution in [0.4, 0.5) is 0 Å². The van der Waals surface area contributed by atoms with Crippen molar-refractivity contribution in [2.45, 2.75) is 12.8 Å². The van der Waals surface area contributed by atoms with Crippen molar-refractivity contribution in [2.75, 3.05) is 68.6 Å². The monoisotopic (exact) mass is 312 g/mol. The first kappa shape index (κ1) is 18.6. The van der Waals surface area contributed by atoms with Gasteiger partial charge in [-0.05, 0) is 0 Å². The summed E-state index contributed by atoms with van der Waals surface area (Å²) in [5, 5.41) is 8.07. The molecule has 0 amide bonds. The minimum absolute atomic E-state index is 0.556. The lowest BCUT2D eigenvalue weighted by atomic mass is 10.4. The van der Waals surface area contributed by atoms with E-state index in [0.717, 1.165) is 34.9 Å². The summed E-state index contributed by atoms with van der Waals surface area (Å²) in [4.78, 5) is 0. The van der Waals surface area contributed by atoms with Crippen LogP contribution in [0.3, 0.4) is 0 Å². The molecule has 0 saturated carbocycles. The van der Waals surface area contributed by atoms with Gasteiger partial charge in [-0.3, -0.25) is 0 Å². The van der Waals surface area contributed by atoms with E-state index in [0.29, 0.717) is 25.0 Å². The number of quaternary nitrogens is 2. The number of ether oxygens (including phenoxy) is 2. The zero-order valence-corrected chi connectivity index (χ0v) is 15.0. The van der Waals surface area contributed by atoms with E-state index >= 15 is 0 Å². The third-order valence-corrected chi connectivity index (χ3v) is 3.06. The molecule has 1 aromatic rings. The number of hydrogen-bond acceptors (Lipinski definition) is 4. The van der Waals surface area contributed by atoms with Crippen molar-refractivity contribution in [1.29, 1.82) is 0 Å². The zero-order valence-electron chi connectivity index (χ0n) is 15.0. The van der Waals surface area contributed by atoms with Crippen molar-refractivity contribution in [2.24, 2.45) is 0 Å². The molecule has 126 valence electrons. The Balaban J connectivity index is 2.22. The van der Waals surface area contributed by atoms with E-state index < -0.39 is 0 Å². The van der Waals surface area contributed by atoms with Gasteiger partial charge in [0.1, 0.15) is 0 Å². The maximum absolute atomic E-state index is 5.59. The quantitative estimate of drug-likeness (QED) is 0.484. The van der Waals surface area contributed by atoms with Gasteiger partial charge >= 0.3 is 0 Å². The highest BCUT2D eigenvalue weighted by Gasteiger charge is 2.08. The Morgan fingerprint density at radius 1 is 0.727 bits per heavy atom. The zero-order chi connectivity index (χ0) is 16.6. The fourth-order valence-corrected chi connectivity index (χ4v) is 1.89. The molecule has 0 atom stereocenters. The van der Waals surface area contributed by atoms with Gasteiger partial charge in [-0.1, -0.05) is 0 Å². The molecule has 1 rings (SSSR count). The molecule has 1 heterocycles. The van der Waals surface area contributed by atoms with Crippen LogP contribution in [-0.4, -0.2) is 87.8 Å². The average Bonchev–Trinajstić information content (AvgIpc) is 2.39. The smallest absolute Gasteiger partial charge is 0.233 e. The first-order valence-electron chi connectivity index (χ1n) is 7.86. The predicted molar refractivity (Wildman–Crippen MR) is 88.1 cm³/mol. The summed E-state index contributed by atoms with van der Waals surface area (Å²) in [5.74, 6) is 1.11. The van der Waals surface area contributed by atoms with Gasteiger partial charge < -0.3 is 18.4 Å². The van der Waals surface area contributed by atoms with E-state index in [1.165, 1.54) is 0 Å². The van der Waals surface area contributed by atoms with Crippen molar-refractivity contribution in [3.63, 3.8) is 0 Å². The summed E-state index contributed by atoms with van der Waals surface area (Å²) < 4.78 is 13.0. The third-order valence-electron chi connectivity index (χ3n) is 3.06. The fraction of sp³-hybridized carbons (Fsp3) is 0.750. The van der Waals surface area contributed by atoms with Gasteiger partial charge in [-0.2, -0.15) is 0 Å². The van der Waals surface area contributed by atoms with Gasteiger partial charge in [0.2, 0.25) is 11.8 Å². The molecule has 0 unspecified atom stereocenters. The largest absolute Gasteiger partial charge is 0.476 e. The molecule has 0 bridgehead atoms. The Hall–Kier alpha value is -1.40. The normalized spacial score (nSPS) is 12.3. The predicted octanol–water partition coefficient (Wildman–Crippen LogP) is 1.43. The van der Waals surface area contributed by atoms with E-state index in [9.17, 15) is 0 Å². The lowest BCUT2D eigenvalue weighted by Crippen LogP contribution is -2.36. The van der Waals surface area contributed by atoms with E-state index in [4.69, 9.17) is 9.47 Å². The van der Waals surface area contributed by atoms with Crippen molar-refractivity contribution >= 4 is 0 Å². The molecule has 0 aliphatic heterocycles. The molecule has 6 nitrogen and oxygen atoms in total. The Labute approximate surface area is 134 Å². The second kappa shape index (κ2) is 8.29. The van der Waals surface area contributed by atoms with E-state index in [2.05, 4.69) is 52.5 Å². The molecule has 0 N–H and O–H groups in total. The second-order valence-electron chi connectivity index (χ2n) is 7.64. The molecule has 0 aliphatic rings. The van der Waals surface area contributed by atoms with Gasteiger partial charge in [-0.25, -0.2) is 0 Å². The van der Waals surface area contributed by atoms with E-state index in [1.54, 1.807) is 0 Å². The highest BCUT2D eigenvalue weighted by Crippen LogP contribution is 2.11. The first-order valence-corrected chi connectivity index (χ1v) is 7.86. The summed E-state index contributed by atoms with van der Waals surface area (Å²) >= 11 is 0. The van der Waals surface area contributed by atoms with Crippen LogP contribution in [0.2, 0.25) is 0 Å². The van der Waals surface area contributed by atoms with Crippen LogP contribution >= 0.6 is 0 Å². The molecule has 0 fully saturated rings. The maximum atomic E-state index is 5.59. The molecular weight excluding hydrogens is 280 g/mol. The van der Waals surface area contributed by atoms with Crippen molar-refractivity contribution in [3.05, 3.63) is 12.1 Å². The number of aromatic nitrogens is 2. The van der Waals surface area contributed by atoms with Crippen LogP contribution in [0.15, 0.2) is 12.1 Å². The van der Waals surface area contributed by atoms with Crippen molar-refractivity contribution in [1.82, 2.24) is 10.2 Å². The lowest BCUT2D eigenvalue weighted by Gasteiger charge is -2.23. The number of hydrogen-bond donors (Lipinski definition) is 0. The summed E-state index contributed by atoms with van der Waals surface area (Å²) in [7, 11) is 13.0. The van der Waals surface area contributed by atoms with Crippen LogP contribution in [0.25, 0.3) is 0 Å². The Morgan fingerprint density at radius 2 is 1.09 bits per heavy atom. The molecule has 0 saturated heterocycles. The molecule has 0 aromatic carbocycles. The third kappa shape index (κ3) is 9.52. The second-order valence-corrected chi connectivity index (χ2v) is 7.64. The van der Waals surface area contributed by atoms with Gasteiger partial charge in [0, 0.05) is 25.0 Å². The summed E-state index contributed by atoms with van der Waals surface area (Å²) in [5.41, 5.74) is 0. The van der Waals surface area contributed by atoms with Crippen LogP contribution in [-0.2, 0) is 0 Å². The molecule has 1 aromatic heterocycles. The van der Waals surface area contributed by atoms with Gasteiger partial charge in [-0.15, -0.1) is 10.2 Å². The van der Waals surface area contributed by atoms with Crippen LogP contribution < -0.4 is 9.47 Å². The van der Waals surface area contributed by atoms with Gasteiger partial charge in [0.15, 0.2) is 0 Å². The standard InChI is InChI=1S/C16H32N4O2/c1-19(2,3)11-7-13-21-15-9-10-16(18-17-15)22-14-8-12-20(4,5)6/h9-10H,7-8,11-14H2,1-6H3/q+2. The van der Waals surface area contributed by atoms with Crippen LogP contribution in [0, 0.1) is 0 Å². The molecule has 0 spiro atoms. The maximum Gasteiger partial charge on any atom is 0.233 e. The van der Waals surface area contributed by atoms with Crippen LogP contribution in [0.1, 0.15) is 12.8 Å². The molecule has 0 radical (unpaired) electrons. The van der Waals surface area contributed by atoms with E-state index in [-0.39, 0.29) is 0 Å². The molecule has 0 aliphatic carbocycles. The topological polar surface area (TPSA) is 44.2 Å². The molecular formula is C16H32N4O2+2. The summed E-state index contributed by atoms with van der Waals surface area (Å²) in [6.45, 7) is 3.46. The number of nitrogens with zero attached hydrogens (tertiary/aromatic N) is 4. The lowest BCUT2D eigenvalue weighted by molar-refractivity contribution is -0.870. The Bertz CT molecular complexity index is 380. The minimum atomic E-state index is 0.556. The summed E-state index contributed by atoms with van der Waals surface area (Å²) in [6, 6.07) is 3.63. The highest BCUT2D eigenvalue weighted by molar-refractivity contribution is 5.15. The average molecular weight is 312 g/mol. The molecule has 6 heteroatoms. The Morgan fingerprint density at radius 3 is 1.36 bits per heavy atom. The SMILES string of the molecule is C[N+](C)(C)CCCOc1ccc(OCCC[N+](C)(C)C)nn1. The van der Waals surface area contributed by atoms with Crippen molar-refractivity contribution in [3.8, 4) is 11.8 Å². The summed E-state index contributed by atoms with van der Waals surface area (Å²) in [6.07, 6.45) is 1.99. The van der Waals surface area contributed by atoms with Gasteiger partial charge in [0.25, 0.3) is 0 Å². The van der Waals surface area contributed by atoms with Crippen LogP contribution in [0.5, 0.6) is 11.8 Å². The first-order chi connectivity index (χ1) is 10.2. The number of rotatable bonds is 10. The highest BCUT2D eigenvalue weighted by atomic mass is 16.5. The Kier molecular flexibility index (Phi) is 7.03. The minimum Gasteiger partial charge on any atom is -0.476 e. The van der Waals surface area contributed by atoms with Gasteiger partial charge in [0.05, 0.1) is 68.6 Å². The molecule has 22 heavy (non-hydrogen) atoms. The van der Waals surface area contributed by atoms with E-state index in [1.807, 2.05) is 12.1 Å². The van der Waals surface area contributed by atoms with Crippen molar-refractivity contribution < 1.29 is 18.4 Å².